The van der Waals surface area contributed by atoms with Gasteiger partial charge in [-0.3, -0.25) is 0 Å². The molecule has 66 heavy (non-hydrogen) atoms. The van der Waals surface area contributed by atoms with Crippen LogP contribution >= 0.6 is 0 Å². The van der Waals surface area contributed by atoms with E-state index < -0.39 is 0 Å². The summed E-state index contributed by atoms with van der Waals surface area (Å²) in [5.41, 5.74) is 26.7. The van der Waals surface area contributed by atoms with E-state index in [4.69, 9.17) is 4.42 Å². The maximum absolute atomic E-state index is 6.92. The molecule has 3 nitrogen and oxygen atoms in total. The SMILES string of the molecule is CC(C)(C)c1ccc(N2B3c4cc5c(cc4-n4c6cc7c(cc6c6ccc(c3c64)-c3cc4c(cc32)oc2cc(C(C)(C)C)ccc24)C(C)(C)c2ccccc2-7)-c2ccccc2C5(C)C)cc1. The topological polar surface area (TPSA) is 21.3 Å². The van der Waals surface area contributed by atoms with E-state index in [1.54, 1.807) is 0 Å². The van der Waals surface area contributed by atoms with E-state index in [0.29, 0.717) is 0 Å². The highest BCUT2D eigenvalue weighted by Gasteiger charge is 2.47. The quantitative estimate of drug-likeness (QED) is 0.153. The Morgan fingerprint density at radius 1 is 0.455 bits per heavy atom. The standard InChI is InChI=1S/C62H53BN2O/c1-59(2,3)34-19-22-36(23-20-34)65-53-33-56-46(39-24-21-35(60(4,5)6)27-55(39)66-56)28-44(53)40-25-26-41-45-29-49-42(37-15-11-13-17-47(37)61(49,7)8)30-52(45)64-54-31-43-38-16-12-14-18-48(38)62(9,10)50(43)32-51(54)63(65)57(40)58(41)64/h11-33H,1-10H3. The third kappa shape index (κ3) is 4.75. The number of furan rings is 1. The van der Waals surface area contributed by atoms with Crippen LogP contribution in [0.1, 0.15) is 103 Å². The molecular weight excluding hydrogens is 800 g/mol. The third-order valence-corrected chi connectivity index (χ3v) is 16.5. The molecule has 4 heteroatoms. The van der Waals surface area contributed by atoms with E-state index in [1.807, 2.05) is 0 Å². The summed E-state index contributed by atoms with van der Waals surface area (Å²) in [7, 11) is 0. The molecule has 0 saturated heterocycles. The first-order valence-corrected chi connectivity index (χ1v) is 24.0. The van der Waals surface area contributed by atoms with Crippen LogP contribution in [-0.4, -0.2) is 11.4 Å². The molecule has 0 unspecified atom stereocenters. The van der Waals surface area contributed by atoms with Crippen molar-refractivity contribution >= 4 is 72.9 Å². The summed E-state index contributed by atoms with van der Waals surface area (Å²) in [6.45, 7) is 23.3. The van der Waals surface area contributed by atoms with Crippen molar-refractivity contribution in [3.05, 3.63) is 173 Å². The van der Waals surface area contributed by atoms with Crippen LogP contribution in [0.3, 0.4) is 0 Å². The predicted molar refractivity (Wildman–Crippen MR) is 280 cm³/mol. The van der Waals surface area contributed by atoms with Crippen LogP contribution < -0.4 is 15.7 Å². The number of rotatable bonds is 1. The molecule has 0 spiro atoms. The van der Waals surface area contributed by atoms with Crippen molar-refractivity contribution in [1.29, 1.82) is 0 Å². The van der Waals surface area contributed by atoms with E-state index in [1.165, 1.54) is 117 Å². The van der Waals surface area contributed by atoms with Crippen LogP contribution in [0, 0.1) is 0 Å². The van der Waals surface area contributed by atoms with Gasteiger partial charge in [0.1, 0.15) is 11.2 Å². The Balaban J connectivity index is 1.14. The first kappa shape index (κ1) is 38.5. The fourth-order valence-electron chi connectivity index (χ4n) is 12.9. The summed E-state index contributed by atoms with van der Waals surface area (Å²) >= 11 is 0. The molecule has 2 aliphatic carbocycles. The van der Waals surface area contributed by atoms with Crippen LogP contribution in [0.5, 0.6) is 0 Å². The molecule has 4 heterocycles. The van der Waals surface area contributed by atoms with Gasteiger partial charge in [0.25, 0.3) is 0 Å². The number of benzene rings is 8. The third-order valence-electron chi connectivity index (χ3n) is 16.5. The van der Waals surface area contributed by atoms with Gasteiger partial charge in [-0.05, 0) is 125 Å². The highest BCUT2D eigenvalue weighted by molar-refractivity contribution is 6.93. The Kier molecular flexibility index (Phi) is 7.09. The second kappa shape index (κ2) is 12.2. The molecule has 0 fully saturated rings. The molecule has 0 amide bonds. The van der Waals surface area contributed by atoms with Crippen molar-refractivity contribution in [3.63, 3.8) is 0 Å². The molecule has 0 atom stereocenters. The summed E-state index contributed by atoms with van der Waals surface area (Å²) in [5.74, 6) is 0. The van der Waals surface area contributed by atoms with E-state index in [9.17, 15) is 0 Å². The lowest BCUT2D eigenvalue weighted by Gasteiger charge is -2.42. The average Bonchev–Trinajstić information content (AvgIpc) is 3.96. The summed E-state index contributed by atoms with van der Waals surface area (Å²) in [6, 6.07) is 54.4. The van der Waals surface area contributed by atoms with Gasteiger partial charge in [-0.1, -0.05) is 160 Å². The van der Waals surface area contributed by atoms with Crippen molar-refractivity contribution in [3.8, 4) is 39.1 Å². The minimum absolute atomic E-state index is 0.0104. The molecule has 2 aliphatic heterocycles. The minimum Gasteiger partial charge on any atom is -0.456 e. The summed E-state index contributed by atoms with van der Waals surface area (Å²) in [6.07, 6.45) is 0. The summed E-state index contributed by atoms with van der Waals surface area (Å²) in [5, 5.41) is 4.95. The van der Waals surface area contributed by atoms with Gasteiger partial charge >= 0.3 is 6.85 Å². The van der Waals surface area contributed by atoms with Crippen molar-refractivity contribution < 1.29 is 4.42 Å². The molecule has 320 valence electrons. The number of nitrogens with zero attached hydrogens (tertiary/aromatic N) is 2. The van der Waals surface area contributed by atoms with Gasteiger partial charge in [0.05, 0.1) is 11.0 Å². The summed E-state index contributed by atoms with van der Waals surface area (Å²) < 4.78 is 9.59. The van der Waals surface area contributed by atoms with Crippen molar-refractivity contribution in [2.45, 2.75) is 90.9 Å². The zero-order valence-corrected chi connectivity index (χ0v) is 39.7. The maximum Gasteiger partial charge on any atom is 0.333 e. The van der Waals surface area contributed by atoms with Crippen LogP contribution in [0.25, 0.3) is 82.8 Å². The second-order valence-electron chi connectivity index (χ2n) is 23.0. The Bertz CT molecular complexity index is 3840. The molecule has 0 bridgehead atoms. The molecule has 8 aromatic carbocycles. The van der Waals surface area contributed by atoms with E-state index in [-0.39, 0.29) is 28.5 Å². The molecule has 2 aromatic heterocycles. The average molecular weight is 853 g/mol. The Morgan fingerprint density at radius 2 is 1.06 bits per heavy atom. The van der Waals surface area contributed by atoms with E-state index in [0.717, 1.165) is 21.9 Å². The highest BCUT2D eigenvalue weighted by atomic mass is 16.3. The lowest BCUT2D eigenvalue weighted by atomic mass is 9.43. The van der Waals surface area contributed by atoms with Crippen LogP contribution in [0.2, 0.25) is 0 Å². The monoisotopic (exact) mass is 852 g/mol. The first-order chi connectivity index (χ1) is 31.5. The zero-order valence-electron chi connectivity index (χ0n) is 39.7. The van der Waals surface area contributed by atoms with Gasteiger partial charge in [-0.25, -0.2) is 0 Å². The second-order valence-corrected chi connectivity index (χ2v) is 23.0. The Labute approximate surface area is 387 Å². The van der Waals surface area contributed by atoms with Gasteiger partial charge in [0.15, 0.2) is 0 Å². The predicted octanol–water partition coefficient (Wildman–Crippen LogP) is 15.1. The fraction of sp³-hybridized carbons (Fsp3) is 0.226. The molecule has 10 aromatic rings. The molecule has 0 N–H and O–H groups in total. The fourth-order valence-corrected chi connectivity index (χ4v) is 12.9. The van der Waals surface area contributed by atoms with Gasteiger partial charge in [-0.15, -0.1) is 0 Å². The van der Waals surface area contributed by atoms with Gasteiger partial charge < -0.3 is 13.8 Å². The summed E-state index contributed by atoms with van der Waals surface area (Å²) in [4.78, 5) is 2.66. The first-order valence-electron chi connectivity index (χ1n) is 24.0. The minimum atomic E-state index is -0.164. The van der Waals surface area contributed by atoms with Gasteiger partial charge in [0, 0.05) is 61.1 Å². The van der Waals surface area contributed by atoms with Crippen LogP contribution in [0.15, 0.2) is 144 Å². The van der Waals surface area contributed by atoms with E-state index >= 15 is 0 Å². The molecular formula is C62H53BN2O. The number of hydrogen-bond donors (Lipinski definition) is 0. The van der Waals surface area contributed by atoms with Crippen LogP contribution in [0.4, 0.5) is 11.4 Å². The zero-order chi connectivity index (χ0) is 45.1. The highest BCUT2D eigenvalue weighted by Crippen LogP contribution is 2.55. The Hall–Kier alpha value is -6.78. The molecule has 4 aliphatic rings. The molecule has 0 saturated carbocycles. The maximum atomic E-state index is 6.92. The normalized spacial score (nSPS) is 15.9. The van der Waals surface area contributed by atoms with Crippen molar-refractivity contribution in [1.82, 2.24) is 4.57 Å². The number of fused-ring (bicyclic) bond motifs is 17. The van der Waals surface area contributed by atoms with Gasteiger partial charge in [-0.2, -0.15) is 0 Å². The molecule has 14 rings (SSSR count). The lowest BCUT2D eigenvalue weighted by molar-refractivity contribution is 0.587. The van der Waals surface area contributed by atoms with Crippen molar-refractivity contribution in [2.75, 3.05) is 4.81 Å². The Morgan fingerprint density at radius 3 is 1.74 bits per heavy atom. The van der Waals surface area contributed by atoms with Crippen molar-refractivity contribution in [2.24, 2.45) is 0 Å². The van der Waals surface area contributed by atoms with Gasteiger partial charge in [0.2, 0.25) is 0 Å². The van der Waals surface area contributed by atoms with E-state index in [2.05, 4.69) is 218 Å². The number of aromatic nitrogens is 1. The largest absolute Gasteiger partial charge is 0.456 e. The number of anilines is 2. The smallest absolute Gasteiger partial charge is 0.333 e. The molecule has 0 radical (unpaired) electrons. The lowest BCUT2D eigenvalue weighted by Crippen LogP contribution is -2.60. The van der Waals surface area contributed by atoms with Crippen LogP contribution in [-0.2, 0) is 21.7 Å². The number of hydrogen-bond acceptors (Lipinski definition) is 2.